The number of aliphatic hydroxyl groups is 2. The molecule has 0 saturated carbocycles. The molecule has 2 aromatic rings. The van der Waals surface area contributed by atoms with Crippen molar-refractivity contribution in [3.05, 3.63) is 65.7 Å². The molecule has 0 aliphatic rings. The van der Waals surface area contributed by atoms with E-state index >= 15 is 0 Å². The van der Waals surface area contributed by atoms with Crippen molar-refractivity contribution in [1.29, 1.82) is 0 Å². The Bertz CT molecular complexity index is 2180. The van der Waals surface area contributed by atoms with Gasteiger partial charge in [-0.3, -0.25) is 43.2 Å². The van der Waals surface area contributed by atoms with Crippen LogP contribution in [0.1, 0.15) is 51.2 Å². The molecule has 0 spiro atoms. The van der Waals surface area contributed by atoms with Crippen LogP contribution in [-0.2, 0) is 60.8 Å². The largest absolute Gasteiger partial charge is 0.508 e. The van der Waals surface area contributed by atoms with Crippen LogP contribution >= 0.6 is 0 Å². The number of amides is 10. The Morgan fingerprint density at radius 1 is 0.549 bits per heavy atom. The predicted octanol–water partition coefficient (Wildman–Crippen LogP) is -5.32. The summed E-state index contributed by atoms with van der Waals surface area (Å²) in [5.41, 5.74) is 11.9. The molecule has 8 atom stereocenters. The maximum absolute atomic E-state index is 13.9. The highest BCUT2D eigenvalue weighted by molar-refractivity contribution is 5.98. The molecule has 18 N–H and O–H groups in total. The number of nitrogens with one attached hydrogen (secondary N) is 9. The zero-order chi connectivity index (χ0) is 53.4. The number of urea groups is 1. The molecule has 27 heteroatoms. The highest BCUT2D eigenvalue weighted by Gasteiger charge is 2.34. The monoisotopic (exact) mass is 1000 g/mol. The minimum Gasteiger partial charge on any atom is -0.508 e. The van der Waals surface area contributed by atoms with Crippen molar-refractivity contribution in [2.45, 2.75) is 101 Å². The number of carboxylic acids is 2. The van der Waals surface area contributed by atoms with E-state index in [9.17, 15) is 78.3 Å². The number of hydrogen-bond acceptors (Lipinski definition) is 15. The summed E-state index contributed by atoms with van der Waals surface area (Å²) >= 11 is 0. The highest BCUT2D eigenvalue weighted by Crippen LogP contribution is 2.13. The second-order valence-electron chi connectivity index (χ2n) is 16.4. The molecule has 27 nitrogen and oxygen atoms in total. The number of phenols is 1. The van der Waals surface area contributed by atoms with Gasteiger partial charge < -0.3 is 84.9 Å². The molecule has 2 aromatic carbocycles. The summed E-state index contributed by atoms with van der Waals surface area (Å²) in [7, 11) is 0. The lowest BCUT2D eigenvalue weighted by atomic mass is 10.0. The second-order valence-corrected chi connectivity index (χ2v) is 16.4. The number of primary amides is 1. The van der Waals surface area contributed by atoms with Gasteiger partial charge in [0.15, 0.2) is 0 Å². The van der Waals surface area contributed by atoms with Crippen molar-refractivity contribution in [2.75, 3.05) is 26.3 Å². The van der Waals surface area contributed by atoms with Gasteiger partial charge in [0, 0.05) is 19.4 Å². The van der Waals surface area contributed by atoms with Crippen molar-refractivity contribution >= 4 is 65.2 Å². The number of aliphatic carboxylic acids is 2. The van der Waals surface area contributed by atoms with E-state index in [2.05, 4.69) is 42.5 Å². The van der Waals surface area contributed by atoms with Crippen molar-refractivity contribution in [3.8, 4) is 5.75 Å². The Labute approximate surface area is 407 Å². The fourth-order valence-corrected chi connectivity index (χ4v) is 6.29. The minimum absolute atomic E-state index is 0.0496. The Hall–Kier alpha value is -7.91. The molecule has 0 aliphatic carbocycles. The average Bonchev–Trinajstić information content (AvgIpc) is 3.31. The number of nitrogens with two attached hydrogens (primary N) is 2. The number of carbonyl (C=O) groups is 11. The molecule has 390 valence electrons. The van der Waals surface area contributed by atoms with Crippen LogP contribution < -0.4 is 59.3 Å². The summed E-state index contributed by atoms with van der Waals surface area (Å²) in [4.78, 5) is 141. The van der Waals surface area contributed by atoms with Crippen LogP contribution in [0.3, 0.4) is 0 Å². The summed E-state index contributed by atoms with van der Waals surface area (Å²) < 4.78 is 0. The van der Waals surface area contributed by atoms with E-state index in [1.54, 1.807) is 44.2 Å². The van der Waals surface area contributed by atoms with Crippen molar-refractivity contribution < 1.29 is 78.3 Å². The topological polar surface area (TPSA) is 449 Å². The van der Waals surface area contributed by atoms with Crippen molar-refractivity contribution in [1.82, 2.24) is 47.9 Å². The van der Waals surface area contributed by atoms with Gasteiger partial charge in [-0.2, -0.15) is 0 Å². The van der Waals surface area contributed by atoms with Crippen LogP contribution in [0, 0.1) is 5.92 Å². The van der Waals surface area contributed by atoms with E-state index in [-0.39, 0.29) is 43.9 Å². The first-order valence-corrected chi connectivity index (χ1v) is 22.1. The fraction of sp³-hybridized carbons (Fsp3) is 0.477. The molecule has 2 rings (SSSR count). The maximum Gasteiger partial charge on any atom is 0.328 e. The zero-order valence-corrected chi connectivity index (χ0v) is 39.1. The van der Waals surface area contributed by atoms with E-state index in [1.807, 2.05) is 5.32 Å². The van der Waals surface area contributed by atoms with Crippen LogP contribution in [0.25, 0.3) is 0 Å². The van der Waals surface area contributed by atoms with Gasteiger partial charge >= 0.3 is 18.0 Å². The molecule has 0 heterocycles. The standard InChI is InChI=1S/C44H63N11O16/c1-22(2)35(45)42(68)54-31(20-56)41(67)53-28(16-24-8-5-4-6-9-24)38(64)50-27(10-7-15-47-44(46)71)37(63)48-19-33(59)49-23(3)36(62)51-30(18-34(60)61)40(66)52-29(17-25-11-13-26(58)14-12-25)39(65)55-32(21-57)43(69)70/h4-6,8-9,11-14,22-23,27-32,35,56-58H,7,10,15-21,45H2,1-3H3,(H,48,63)(H,49,59)(H,50,64)(H,51,62)(H,52,66)(H,53,67)(H,54,68)(H,55,65)(H,60,61)(H,69,70)(H3,46,47,71)/t23-,27-,28-,29-,30-,31-,32-,35-/m0/s1. The van der Waals surface area contributed by atoms with Gasteiger partial charge in [0.2, 0.25) is 47.3 Å². The van der Waals surface area contributed by atoms with E-state index in [4.69, 9.17) is 11.5 Å². The second kappa shape index (κ2) is 29.9. The highest BCUT2D eigenvalue weighted by atomic mass is 16.4. The summed E-state index contributed by atoms with van der Waals surface area (Å²) in [6.07, 6.45) is -1.63. The minimum atomic E-state index is -1.89. The molecule has 10 amide bonds. The molecule has 71 heavy (non-hydrogen) atoms. The summed E-state index contributed by atoms with van der Waals surface area (Å²) in [5, 5.41) is 68.6. The van der Waals surface area contributed by atoms with E-state index in [1.165, 1.54) is 24.3 Å². The Morgan fingerprint density at radius 2 is 1.03 bits per heavy atom. The zero-order valence-electron chi connectivity index (χ0n) is 39.1. The van der Waals surface area contributed by atoms with E-state index in [0.717, 1.165) is 6.92 Å². The normalized spacial score (nSPS) is 14.2. The molecule has 0 radical (unpaired) electrons. The molecule has 0 unspecified atom stereocenters. The van der Waals surface area contributed by atoms with Crippen LogP contribution in [0.4, 0.5) is 4.79 Å². The number of rotatable bonds is 30. The molecule has 0 bridgehead atoms. The lowest BCUT2D eigenvalue weighted by Crippen LogP contribution is -2.59. The van der Waals surface area contributed by atoms with Crippen LogP contribution in [0.5, 0.6) is 5.75 Å². The van der Waals surface area contributed by atoms with Gasteiger partial charge in [0.1, 0.15) is 48.0 Å². The first-order valence-electron chi connectivity index (χ1n) is 22.1. The third-order valence-corrected chi connectivity index (χ3v) is 10.4. The number of benzene rings is 2. The van der Waals surface area contributed by atoms with Gasteiger partial charge in [-0.05, 0) is 48.9 Å². The van der Waals surface area contributed by atoms with Gasteiger partial charge in [-0.15, -0.1) is 0 Å². The van der Waals surface area contributed by atoms with Crippen LogP contribution in [0.15, 0.2) is 54.6 Å². The van der Waals surface area contributed by atoms with Gasteiger partial charge in [0.25, 0.3) is 0 Å². The van der Waals surface area contributed by atoms with Gasteiger partial charge in [-0.1, -0.05) is 56.3 Å². The molecule has 0 fully saturated rings. The predicted molar refractivity (Wildman–Crippen MR) is 248 cm³/mol. The quantitative estimate of drug-likeness (QED) is 0.0325. The first kappa shape index (κ1) is 59.2. The SMILES string of the molecule is CC(C)[C@H](N)C(=O)N[C@@H](CO)C(=O)N[C@@H](Cc1ccccc1)C(=O)N[C@@H](CCCNC(N)=O)C(=O)NCC(=O)N[C@@H](C)C(=O)N[C@@H](CC(=O)O)C(=O)N[C@@H](Cc1ccc(O)cc1)C(=O)N[C@@H](CO)C(=O)O. The lowest BCUT2D eigenvalue weighted by Gasteiger charge is -2.26. The molecular weight excluding hydrogens is 939 g/mol. The number of aliphatic hydroxyl groups excluding tert-OH is 2. The Kier molecular flexibility index (Phi) is 24.9. The Balaban J connectivity index is 2.23. The summed E-state index contributed by atoms with van der Waals surface area (Å²) in [5.74, 6) is -11.7. The average molecular weight is 1000 g/mol. The molecule has 0 aromatic heterocycles. The third-order valence-electron chi connectivity index (χ3n) is 10.4. The van der Waals surface area contributed by atoms with E-state index < -0.39 is 140 Å². The molecular formula is C44H63N11O16. The summed E-state index contributed by atoms with van der Waals surface area (Å²) in [6, 6.07) is 0.547. The van der Waals surface area contributed by atoms with Crippen LogP contribution in [-0.4, -0.2) is 165 Å². The third kappa shape index (κ3) is 21.5. The van der Waals surface area contributed by atoms with E-state index in [0.29, 0.717) is 11.1 Å². The van der Waals surface area contributed by atoms with Gasteiger partial charge in [-0.25, -0.2) is 9.59 Å². The van der Waals surface area contributed by atoms with Gasteiger partial charge in [0.05, 0.1) is 32.2 Å². The first-order chi connectivity index (χ1) is 33.4. The smallest absolute Gasteiger partial charge is 0.328 e. The lowest BCUT2D eigenvalue weighted by molar-refractivity contribution is -0.144. The fourth-order valence-electron chi connectivity index (χ4n) is 6.29. The Morgan fingerprint density at radius 3 is 1.54 bits per heavy atom. The number of carbonyl (C=O) groups excluding carboxylic acids is 9. The molecule has 0 saturated heterocycles. The maximum atomic E-state index is 13.9. The number of phenolic OH excluding ortho intramolecular Hbond substituents is 1. The van der Waals surface area contributed by atoms with Crippen molar-refractivity contribution in [2.24, 2.45) is 17.4 Å². The summed E-state index contributed by atoms with van der Waals surface area (Å²) in [6.45, 7) is 1.73. The number of aromatic hydroxyl groups is 1. The van der Waals surface area contributed by atoms with Crippen molar-refractivity contribution in [3.63, 3.8) is 0 Å². The van der Waals surface area contributed by atoms with Crippen LogP contribution in [0.2, 0.25) is 0 Å². The number of hydrogen-bond donors (Lipinski definition) is 16. The number of carboxylic acid groups (broad SMARTS) is 2. The molecule has 0 aliphatic heterocycles.